The van der Waals surface area contributed by atoms with Gasteiger partial charge in [-0.1, -0.05) is 19.3 Å². The van der Waals surface area contributed by atoms with Crippen molar-refractivity contribution in [1.29, 1.82) is 0 Å². The van der Waals surface area contributed by atoms with Crippen LogP contribution >= 0.6 is 11.3 Å². The molecule has 1 aromatic heterocycles. The zero-order valence-corrected chi connectivity index (χ0v) is 18.8. The van der Waals surface area contributed by atoms with Gasteiger partial charge in [0.2, 0.25) is 0 Å². The van der Waals surface area contributed by atoms with Crippen molar-refractivity contribution in [3.05, 3.63) is 34.8 Å². The minimum Gasteiger partial charge on any atom is -0.326 e. The highest BCUT2D eigenvalue weighted by Crippen LogP contribution is 2.32. The van der Waals surface area contributed by atoms with E-state index in [1.54, 1.807) is 4.90 Å². The maximum Gasteiger partial charge on any atom is 0.324 e. The topological polar surface area (TPSA) is 39.7 Å². The first-order valence-corrected chi connectivity index (χ1v) is 12.3. The fraction of sp³-hybridized carbons (Fsp3) is 0.583. The predicted molar refractivity (Wildman–Crippen MR) is 123 cm³/mol. The van der Waals surface area contributed by atoms with E-state index in [9.17, 15) is 4.79 Å². The summed E-state index contributed by atoms with van der Waals surface area (Å²) >= 11 is 1.86. The van der Waals surface area contributed by atoms with E-state index in [2.05, 4.69) is 29.2 Å². The first-order valence-electron chi connectivity index (χ1n) is 11.5. The summed E-state index contributed by atoms with van der Waals surface area (Å²) in [5, 5.41) is 1.12. The minimum atomic E-state index is 0.0847. The summed E-state index contributed by atoms with van der Waals surface area (Å²) in [7, 11) is 1.86. The van der Waals surface area contributed by atoms with Crippen molar-refractivity contribution in [2.45, 2.75) is 44.9 Å². The lowest BCUT2D eigenvalue weighted by atomic mass is 9.89. The number of anilines is 1. The van der Waals surface area contributed by atoms with Crippen molar-refractivity contribution < 1.29 is 4.79 Å². The van der Waals surface area contributed by atoms with Crippen LogP contribution in [-0.2, 0) is 12.8 Å². The van der Waals surface area contributed by atoms with Crippen molar-refractivity contribution in [2.24, 2.45) is 5.92 Å². The molecule has 0 N–H and O–H groups in total. The third-order valence-corrected chi connectivity index (χ3v) is 8.19. The molecule has 0 unspecified atom stereocenters. The highest BCUT2D eigenvalue weighted by molar-refractivity contribution is 7.15. The number of benzene rings is 1. The van der Waals surface area contributed by atoms with Gasteiger partial charge in [0.25, 0.3) is 0 Å². The Labute approximate surface area is 183 Å². The Morgan fingerprint density at radius 3 is 2.50 bits per heavy atom. The number of aromatic nitrogens is 1. The second-order valence-electron chi connectivity index (χ2n) is 9.10. The van der Waals surface area contributed by atoms with E-state index in [4.69, 9.17) is 4.98 Å². The van der Waals surface area contributed by atoms with Crippen LogP contribution in [0.2, 0.25) is 0 Å². The van der Waals surface area contributed by atoms with Gasteiger partial charge in [0.15, 0.2) is 0 Å². The number of thiazole rings is 1. The predicted octanol–water partition coefficient (Wildman–Crippen LogP) is 4.66. The molecule has 0 radical (unpaired) electrons. The molecule has 2 fully saturated rings. The summed E-state index contributed by atoms with van der Waals surface area (Å²) in [5.74, 6) is 0.916. The largest absolute Gasteiger partial charge is 0.326 e. The Hall–Kier alpha value is -1.92. The third-order valence-electron chi connectivity index (χ3n) is 6.98. The number of urea groups is 1. The lowest BCUT2D eigenvalue weighted by molar-refractivity contribution is 0.207. The highest BCUT2D eigenvalue weighted by atomic mass is 32.1. The summed E-state index contributed by atoms with van der Waals surface area (Å²) in [4.78, 5) is 25.0. The van der Waals surface area contributed by atoms with Gasteiger partial charge < -0.3 is 9.80 Å². The molecular weight excluding hydrogens is 392 g/mol. The first-order chi connectivity index (χ1) is 14.7. The Kier molecular flexibility index (Phi) is 5.79. The van der Waals surface area contributed by atoms with Gasteiger partial charge >= 0.3 is 6.03 Å². The average Bonchev–Trinajstić information content (AvgIpc) is 3.28. The molecule has 2 amide bonds. The van der Waals surface area contributed by atoms with Crippen LogP contribution in [-0.4, -0.2) is 60.6 Å². The molecule has 1 saturated heterocycles. The Balaban J connectivity index is 1.23. The lowest BCUT2D eigenvalue weighted by Gasteiger charge is -2.28. The van der Waals surface area contributed by atoms with Crippen LogP contribution in [0.5, 0.6) is 0 Å². The van der Waals surface area contributed by atoms with Gasteiger partial charge in [0.1, 0.15) is 5.01 Å². The molecule has 2 aromatic rings. The van der Waals surface area contributed by atoms with Crippen molar-refractivity contribution in [3.8, 4) is 10.6 Å². The number of carbonyl (C=O) groups is 1. The molecule has 3 aliphatic rings. The maximum absolute atomic E-state index is 12.2. The second-order valence-corrected chi connectivity index (χ2v) is 10.2. The lowest BCUT2D eigenvalue weighted by Crippen LogP contribution is -2.32. The van der Waals surface area contributed by atoms with Gasteiger partial charge in [0, 0.05) is 62.3 Å². The molecule has 5 nitrogen and oxygen atoms in total. The quantitative estimate of drug-likeness (QED) is 0.716. The van der Waals surface area contributed by atoms with E-state index < -0.39 is 0 Å². The molecule has 1 aliphatic carbocycles. The molecule has 0 atom stereocenters. The van der Waals surface area contributed by atoms with Crippen LogP contribution in [0.3, 0.4) is 0 Å². The number of carbonyl (C=O) groups excluding carboxylic acids is 1. The smallest absolute Gasteiger partial charge is 0.324 e. The van der Waals surface area contributed by atoms with Gasteiger partial charge in [-0.2, -0.15) is 0 Å². The van der Waals surface area contributed by atoms with E-state index >= 15 is 0 Å². The number of fused-ring (bicyclic) bond motifs is 1. The molecular formula is C24H32N4OS. The molecule has 6 heteroatoms. The van der Waals surface area contributed by atoms with Crippen LogP contribution < -0.4 is 4.90 Å². The fourth-order valence-corrected chi connectivity index (χ4v) is 6.22. The van der Waals surface area contributed by atoms with Crippen LogP contribution in [0.25, 0.3) is 10.6 Å². The van der Waals surface area contributed by atoms with Crippen LogP contribution in [0.4, 0.5) is 10.5 Å². The van der Waals surface area contributed by atoms with Gasteiger partial charge in [-0.05, 0) is 49.4 Å². The summed E-state index contributed by atoms with van der Waals surface area (Å²) in [6.45, 7) is 5.16. The summed E-state index contributed by atoms with van der Waals surface area (Å²) in [6.07, 6.45) is 9.35. The normalized spacial score (nSPS) is 21.2. The Morgan fingerprint density at radius 1 is 1.00 bits per heavy atom. The van der Waals surface area contributed by atoms with E-state index in [1.165, 1.54) is 55.8 Å². The van der Waals surface area contributed by atoms with Crippen molar-refractivity contribution in [3.63, 3.8) is 0 Å². The monoisotopic (exact) mass is 424 g/mol. The molecule has 160 valence electrons. The maximum atomic E-state index is 12.2. The first kappa shape index (κ1) is 20.0. The van der Waals surface area contributed by atoms with Crippen molar-refractivity contribution in [2.75, 3.05) is 44.7 Å². The van der Waals surface area contributed by atoms with Gasteiger partial charge in [0.05, 0.1) is 5.69 Å². The molecule has 0 spiro atoms. The number of amides is 2. The number of rotatable bonds is 4. The molecule has 5 rings (SSSR count). The number of hydrogen-bond acceptors (Lipinski definition) is 4. The summed E-state index contributed by atoms with van der Waals surface area (Å²) in [6, 6.07) is 8.44. The summed E-state index contributed by atoms with van der Waals surface area (Å²) < 4.78 is 0. The summed E-state index contributed by atoms with van der Waals surface area (Å²) in [5.41, 5.74) is 3.45. The minimum absolute atomic E-state index is 0.0847. The van der Waals surface area contributed by atoms with Crippen molar-refractivity contribution >= 4 is 23.1 Å². The van der Waals surface area contributed by atoms with E-state index in [-0.39, 0.29) is 6.03 Å². The van der Waals surface area contributed by atoms with Crippen LogP contribution in [0.15, 0.2) is 24.3 Å². The Bertz CT molecular complexity index is 862. The van der Waals surface area contributed by atoms with E-state index in [1.807, 2.05) is 23.3 Å². The van der Waals surface area contributed by atoms with Gasteiger partial charge in [-0.25, -0.2) is 9.78 Å². The van der Waals surface area contributed by atoms with Crippen LogP contribution in [0.1, 0.15) is 42.7 Å². The Morgan fingerprint density at radius 2 is 1.77 bits per heavy atom. The molecule has 0 bridgehead atoms. The van der Waals surface area contributed by atoms with Gasteiger partial charge in [-0.15, -0.1) is 11.3 Å². The number of likely N-dealkylation sites (N-methyl/N-ethyl adjacent to an activating group) is 1. The molecule has 1 aromatic carbocycles. The highest BCUT2D eigenvalue weighted by Gasteiger charge is 2.27. The average molecular weight is 425 g/mol. The number of hydrogen-bond donors (Lipinski definition) is 0. The standard InChI is InChI=1S/C24H32N4OS/c1-26-15-16-28(24(26)29)20-9-7-19(8-10-20)23-25-21-11-13-27(14-12-22(21)30-23)17-18-5-3-2-4-6-18/h7-10,18H,2-6,11-17H2,1H3. The SMILES string of the molecule is CN1CCN(c2ccc(-c3nc4c(s3)CCN(CC3CCCCC3)CC4)cc2)C1=O. The van der Waals surface area contributed by atoms with Crippen LogP contribution in [0, 0.1) is 5.92 Å². The molecule has 2 aliphatic heterocycles. The van der Waals surface area contributed by atoms with Gasteiger partial charge in [-0.3, -0.25) is 4.90 Å². The van der Waals surface area contributed by atoms with E-state index in [0.29, 0.717) is 0 Å². The zero-order valence-electron chi connectivity index (χ0n) is 18.0. The molecule has 1 saturated carbocycles. The number of nitrogens with zero attached hydrogens (tertiary/aromatic N) is 4. The fourth-order valence-electron chi connectivity index (χ4n) is 5.12. The third kappa shape index (κ3) is 4.12. The van der Waals surface area contributed by atoms with Crippen molar-refractivity contribution in [1.82, 2.24) is 14.8 Å². The van der Waals surface area contributed by atoms with E-state index in [0.717, 1.165) is 54.7 Å². The second kappa shape index (κ2) is 8.67. The molecule has 3 heterocycles. The molecule has 30 heavy (non-hydrogen) atoms. The zero-order chi connectivity index (χ0) is 20.5.